The first-order valence-electron chi connectivity index (χ1n) is 5.76. The molecule has 0 atom stereocenters. The van der Waals surface area contributed by atoms with Gasteiger partial charge in [0.15, 0.2) is 0 Å². The second kappa shape index (κ2) is 5.38. The quantitative estimate of drug-likeness (QED) is 0.652. The molecule has 0 heterocycles. The van der Waals surface area contributed by atoms with Crippen LogP contribution in [0.4, 0.5) is 0 Å². The molecule has 2 heteroatoms. The van der Waals surface area contributed by atoms with E-state index in [0.717, 1.165) is 5.92 Å². The van der Waals surface area contributed by atoms with Gasteiger partial charge in [-0.3, -0.25) is 4.79 Å². The number of ether oxygens (including phenoxy) is 1. The minimum atomic E-state index is -0.0522. The predicted molar refractivity (Wildman–Crippen MR) is 56.9 cm³/mol. The lowest BCUT2D eigenvalue weighted by molar-refractivity contribution is -0.149. The molecular weight excluding hydrogens is 176 g/mol. The minimum absolute atomic E-state index is 0.0116. The Hall–Kier alpha value is -0.530. The highest BCUT2D eigenvalue weighted by atomic mass is 16.5. The van der Waals surface area contributed by atoms with E-state index in [1.165, 1.54) is 25.7 Å². The van der Waals surface area contributed by atoms with Crippen LogP contribution in [-0.4, -0.2) is 12.6 Å². The van der Waals surface area contributed by atoms with Gasteiger partial charge in [-0.1, -0.05) is 33.6 Å². The number of hydrogen-bond acceptors (Lipinski definition) is 2. The second-order valence-electron chi connectivity index (χ2n) is 4.91. The Bertz CT molecular complexity index is 179. The van der Waals surface area contributed by atoms with Crippen LogP contribution in [0.3, 0.4) is 0 Å². The lowest BCUT2D eigenvalue weighted by atomic mass is 9.83. The highest BCUT2D eigenvalue weighted by Crippen LogP contribution is 2.28. The summed E-state index contributed by atoms with van der Waals surface area (Å²) in [7, 11) is 0. The highest BCUT2D eigenvalue weighted by Gasteiger charge is 2.20. The number of carbonyl (C=O) groups excluding carboxylic acids is 1. The first kappa shape index (κ1) is 11.5. The second-order valence-corrected chi connectivity index (χ2v) is 4.91. The van der Waals surface area contributed by atoms with E-state index in [1.807, 2.05) is 13.8 Å². The summed E-state index contributed by atoms with van der Waals surface area (Å²) in [6, 6.07) is 0. The molecule has 1 fully saturated rings. The largest absolute Gasteiger partial charge is 0.465 e. The summed E-state index contributed by atoms with van der Waals surface area (Å²) in [5, 5.41) is 0. The van der Waals surface area contributed by atoms with E-state index in [9.17, 15) is 4.79 Å². The third-order valence-electron chi connectivity index (χ3n) is 3.07. The molecule has 14 heavy (non-hydrogen) atoms. The molecule has 0 unspecified atom stereocenters. The van der Waals surface area contributed by atoms with Crippen molar-refractivity contribution in [2.45, 2.75) is 46.5 Å². The molecule has 0 spiro atoms. The topological polar surface area (TPSA) is 26.3 Å². The number of hydrogen-bond donors (Lipinski definition) is 0. The molecular formula is C12H22O2. The van der Waals surface area contributed by atoms with Gasteiger partial charge in [-0.2, -0.15) is 0 Å². The monoisotopic (exact) mass is 198 g/mol. The number of esters is 1. The Kier molecular flexibility index (Phi) is 4.43. The molecule has 0 aliphatic heterocycles. The van der Waals surface area contributed by atoms with Crippen LogP contribution in [0.5, 0.6) is 0 Å². The third kappa shape index (κ3) is 3.69. The first-order valence-corrected chi connectivity index (χ1v) is 5.76. The van der Waals surface area contributed by atoms with Gasteiger partial charge < -0.3 is 4.74 Å². The maximum absolute atomic E-state index is 11.2. The molecule has 1 rings (SSSR count). The van der Waals surface area contributed by atoms with Crippen molar-refractivity contribution < 1.29 is 9.53 Å². The van der Waals surface area contributed by atoms with E-state index >= 15 is 0 Å². The van der Waals surface area contributed by atoms with E-state index in [-0.39, 0.29) is 11.9 Å². The van der Waals surface area contributed by atoms with Crippen molar-refractivity contribution in [1.29, 1.82) is 0 Å². The van der Waals surface area contributed by atoms with Gasteiger partial charge in [0.05, 0.1) is 12.5 Å². The van der Waals surface area contributed by atoms with Crippen LogP contribution >= 0.6 is 0 Å². The van der Waals surface area contributed by atoms with Crippen LogP contribution in [0.1, 0.15) is 46.5 Å². The van der Waals surface area contributed by atoms with E-state index in [1.54, 1.807) is 0 Å². The van der Waals surface area contributed by atoms with Gasteiger partial charge >= 0.3 is 5.97 Å². The molecule has 0 bridgehead atoms. The fourth-order valence-corrected chi connectivity index (χ4v) is 1.86. The van der Waals surface area contributed by atoms with E-state index in [2.05, 4.69) is 6.92 Å². The zero-order valence-corrected chi connectivity index (χ0v) is 9.58. The predicted octanol–water partition coefficient (Wildman–Crippen LogP) is 3.01. The van der Waals surface area contributed by atoms with Crippen molar-refractivity contribution in [3.8, 4) is 0 Å². The van der Waals surface area contributed by atoms with E-state index in [4.69, 9.17) is 4.74 Å². The van der Waals surface area contributed by atoms with Crippen LogP contribution in [0.2, 0.25) is 0 Å². The van der Waals surface area contributed by atoms with Crippen LogP contribution in [0, 0.1) is 17.8 Å². The average Bonchev–Trinajstić information content (AvgIpc) is 2.16. The van der Waals surface area contributed by atoms with Gasteiger partial charge in [-0.05, 0) is 24.7 Å². The van der Waals surface area contributed by atoms with Gasteiger partial charge in [0.25, 0.3) is 0 Å². The lowest BCUT2D eigenvalue weighted by Gasteiger charge is -2.25. The Labute approximate surface area is 87.0 Å². The number of rotatable bonds is 3. The van der Waals surface area contributed by atoms with E-state index in [0.29, 0.717) is 12.5 Å². The fraction of sp³-hybridized carbons (Fsp3) is 0.917. The highest BCUT2D eigenvalue weighted by molar-refractivity contribution is 5.71. The maximum atomic E-state index is 11.2. The summed E-state index contributed by atoms with van der Waals surface area (Å²) in [6.45, 7) is 6.70. The van der Waals surface area contributed by atoms with Crippen molar-refractivity contribution in [3.63, 3.8) is 0 Å². The Morgan fingerprint density at radius 1 is 1.29 bits per heavy atom. The SMILES string of the molecule is CC1CCC(COC(=O)C(C)C)CC1. The van der Waals surface area contributed by atoms with E-state index < -0.39 is 0 Å². The summed E-state index contributed by atoms with van der Waals surface area (Å²) in [6.07, 6.45) is 5.05. The molecule has 0 N–H and O–H groups in total. The molecule has 0 aromatic carbocycles. The maximum Gasteiger partial charge on any atom is 0.308 e. The Balaban J connectivity index is 2.16. The molecule has 0 aromatic rings. The smallest absolute Gasteiger partial charge is 0.308 e. The Morgan fingerprint density at radius 2 is 1.86 bits per heavy atom. The van der Waals surface area contributed by atoms with Crippen molar-refractivity contribution in [1.82, 2.24) is 0 Å². The van der Waals surface area contributed by atoms with Gasteiger partial charge in [0, 0.05) is 0 Å². The standard InChI is InChI=1S/C12H22O2/c1-9(2)12(13)14-8-11-6-4-10(3)5-7-11/h9-11H,4-8H2,1-3H3. The minimum Gasteiger partial charge on any atom is -0.465 e. The fourth-order valence-electron chi connectivity index (χ4n) is 1.86. The van der Waals surface area contributed by atoms with Gasteiger partial charge in [-0.15, -0.1) is 0 Å². The molecule has 1 aliphatic carbocycles. The Morgan fingerprint density at radius 3 is 2.36 bits per heavy atom. The summed E-state index contributed by atoms with van der Waals surface area (Å²) >= 11 is 0. The normalized spacial score (nSPS) is 27.7. The molecule has 1 aliphatic rings. The summed E-state index contributed by atoms with van der Waals surface area (Å²) < 4.78 is 5.24. The van der Waals surface area contributed by atoms with Crippen LogP contribution in [0.15, 0.2) is 0 Å². The first-order chi connectivity index (χ1) is 6.59. The van der Waals surface area contributed by atoms with Crippen LogP contribution in [0.25, 0.3) is 0 Å². The summed E-state index contributed by atoms with van der Waals surface area (Å²) in [5.41, 5.74) is 0. The summed E-state index contributed by atoms with van der Waals surface area (Å²) in [4.78, 5) is 11.2. The molecule has 82 valence electrons. The third-order valence-corrected chi connectivity index (χ3v) is 3.07. The van der Waals surface area contributed by atoms with Crippen molar-refractivity contribution in [3.05, 3.63) is 0 Å². The van der Waals surface area contributed by atoms with Crippen molar-refractivity contribution in [2.24, 2.45) is 17.8 Å². The molecule has 0 amide bonds. The summed E-state index contributed by atoms with van der Waals surface area (Å²) in [5.74, 6) is 1.45. The molecule has 0 saturated heterocycles. The van der Waals surface area contributed by atoms with Gasteiger partial charge in [-0.25, -0.2) is 0 Å². The van der Waals surface area contributed by atoms with Crippen LogP contribution in [-0.2, 0) is 9.53 Å². The molecule has 0 radical (unpaired) electrons. The molecule has 1 saturated carbocycles. The van der Waals surface area contributed by atoms with Gasteiger partial charge in [0.2, 0.25) is 0 Å². The lowest BCUT2D eigenvalue weighted by Crippen LogP contribution is -2.21. The zero-order chi connectivity index (χ0) is 10.6. The van der Waals surface area contributed by atoms with Crippen molar-refractivity contribution in [2.75, 3.05) is 6.61 Å². The molecule has 0 aromatic heterocycles. The average molecular weight is 198 g/mol. The van der Waals surface area contributed by atoms with Crippen molar-refractivity contribution >= 4 is 5.97 Å². The van der Waals surface area contributed by atoms with Gasteiger partial charge in [0.1, 0.15) is 0 Å². The zero-order valence-electron chi connectivity index (χ0n) is 9.58. The number of carbonyl (C=O) groups is 1. The van der Waals surface area contributed by atoms with Crippen LogP contribution < -0.4 is 0 Å². The molecule has 2 nitrogen and oxygen atoms in total.